The molecular weight excluding hydrogens is 212 g/mol. The molecule has 1 aromatic heterocycles. The zero-order chi connectivity index (χ0) is 12.1. The molecule has 1 heterocycles. The number of aryl methyl sites for hydroxylation is 1. The van der Waals surface area contributed by atoms with Crippen molar-refractivity contribution in [2.75, 3.05) is 6.54 Å². The summed E-state index contributed by atoms with van der Waals surface area (Å²) in [5.41, 5.74) is 6.17. The third kappa shape index (κ3) is 2.51. The molecule has 0 spiro atoms. The molecule has 0 atom stereocenters. The molecule has 17 heavy (non-hydrogen) atoms. The van der Waals surface area contributed by atoms with Gasteiger partial charge in [0.2, 0.25) is 0 Å². The van der Waals surface area contributed by atoms with Crippen LogP contribution in [0.2, 0.25) is 0 Å². The van der Waals surface area contributed by atoms with Crippen LogP contribution < -0.4 is 5.73 Å². The smallest absolute Gasteiger partial charge is 0.140 e. The van der Waals surface area contributed by atoms with Gasteiger partial charge in [0.05, 0.1) is 0 Å². The molecule has 0 radical (unpaired) electrons. The largest absolute Gasteiger partial charge is 0.329 e. The van der Waals surface area contributed by atoms with Gasteiger partial charge in [0.1, 0.15) is 12.2 Å². The molecule has 96 valence electrons. The highest BCUT2D eigenvalue weighted by molar-refractivity contribution is 5.10. The van der Waals surface area contributed by atoms with Crippen molar-refractivity contribution in [1.82, 2.24) is 14.8 Å². The van der Waals surface area contributed by atoms with Crippen LogP contribution in [-0.2, 0) is 12.0 Å². The number of nitrogens with zero attached hydrogens (tertiary/aromatic N) is 3. The Kier molecular flexibility index (Phi) is 4.15. The van der Waals surface area contributed by atoms with E-state index in [1.165, 1.54) is 38.5 Å². The maximum Gasteiger partial charge on any atom is 0.140 e. The Hall–Kier alpha value is -0.900. The number of hydrogen-bond acceptors (Lipinski definition) is 3. The summed E-state index contributed by atoms with van der Waals surface area (Å²) >= 11 is 0. The molecular formula is C13H24N4. The molecule has 0 bridgehead atoms. The molecule has 1 aromatic rings. The molecule has 1 fully saturated rings. The van der Waals surface area contributed by atoms with Gasteiger partial charge in [0.25, 0.3) is 0 Å². The first kappa shape index (κ1) is 12.6. The molecule has 1 aliphatic rings. The second-order valence-corrected chi connectivity index (χ2v) is 5.25. The van der Waals surface area contributed by atoms with E-state index in [-0.39, 0.29) is 5.41 Å². The van der Waals surface area contributed by atoms with E-state index in [9.17, 15) is 0 Å². The molecule has 0 aromatic carbocycles. The van der Waals surface area contributed by atoms with Crippen LogP contribution in [0.3, 0.4) is 0 Å². The van der Waals surface area contributed by atoms with E-state index in [4.69, 9.17) is 5.73 Å². The van der Waals surface area contributed by atoms with Crippen molar-refractivity contribution in [1.29, 1.82) is 0 Å². The van der Waals surface area contributed by atoms with Gasteiger partial charge in [0, 0.05) is 18.5 Å². The maximum absolute atomic E-state index is 6.08. The van der Waals surface area contributed by atoms with Gasteiger partial charge in [0.15, 0.2) is 0 Å². The lowest BCUT2D eigenvalue weighted by Crippen LogP contribution is -2.37. The van der Waals surface area contributed by atoms with Crippen molar-refractivity contribution >= 4 is 0 Å². The summed E-state index contributed by atoms with van der Waals surface area (Å²) in [5.74, 6) is 1.13. The highest BCUT2D eigenvalue weighted by atomic mass is 15.3. The number of rotatable bonds is 4. The van der Waals surface area contributed by atoms with E-state index in [1.54, 1.807) is 0 Å². The average molecular weight is 236 g/mol. The number of hydrogen-bond donors (Lipinski definition) is 1. The van der Waals surface area contributed by atoms with Gasteiger partial charge in [-0.3, -0.25) is 0 Å². The zero-order valence-corrected chi connectivity index (χ0v) is 10.9. The van der Waals surface area contributed by atoms with Crippen molar-refractivity contribution in [3.63, 3.8) is 0 Å². The summed E-state index contributed by atoms with van der Waals surface area (Å²) in [6.07, 6.45) is 10.5. The maximum atomic E-state index is 6.08. The van der Waals surface area contributed by atoms with Crippen molar-refractivity contribution < 1.29 is 0 Å². The molecule has 0 amide bonds. The average Bonchev–Trinajstić information content (AvgIpc) is 2.68. The minimum Gasteiger partial charge on any atom is -0.329 e. The fourth-order valence-corrected chi connectivity index (χ4v) is 2.99. The molecule has 0 saturated heterocycles. The Balaban J connectivity index is 2.28. The third-order valence-corrected chi connectivity index (χ3v) is 4.01. The fourth-order valence-electron chi connectivity index (χ4n) is 2.99. The Morgan fingerprint density at radius 3 is 2.59 bits per heavy atom. The van der Waals surface area contributed by atoms with Crippen molar-refractivity contribution in [2.45, 2.75) is 63.8 Å². The molecule has 4 heteroatoms. The van der Waals surface area contributed by atoms with E-state index < -0.39 is 0 Å². The quantitative estimate of drug-likeness (QED) is 0.816. The van der Waals surface area contributed by atoms with Gasteiger partial charge in [-0.25, -0.2) is 0 Å². The molecule has 4 nitrogen and oxygen atoms in total. The van der Waals surface area contributed by atoms with Gasteiger partial charge in [-0.1, -0.05) is 32.6 Å². The fraction of sp³-hybridized carbons (Fsp3) is 0.846. The van der Waals surface area contributed by atoms with Crippen LogP contribution >= 0.6 is 0 Å². The Morgan fingerprint density at radius 1 is 1.29 bits per heavy atom. The summed E-state index contributed by atoms with van der Waals surface area (Å²) in [4.78, 5) is 0. The first-order valence-electron chi connectivity index (χ1n) is 6.91. The highest BCUT2D eigenvalue weighted by Gasteiger charge is 2.35. The molecule has 0 unspecified atom stereocenters. The lowest BCUT2D eigenvalue weighted by molar-refractivity contribution is 0.342. The van der Waals surface area contributed by atoms with Gasteiger partial charge in [-0.05, 0) is 19.3 Å². The molecule has 2 N–H and O–H groups in total. The highest BCUT2D eigenvalue weighted by Crippen LogP contribution is 2.36. The van der Waals surface area contributed by atoms with Crippen LogP contribution in [-0.4, -0.2) is 21.3 Å². The first-order valence-corrected chi connectivity index (χ1v) is 6.91. The Morgan fingerprint density at radius 2 is 2.00 bits per heavy atom. The third-order valence-electron chi connectivity index (χ3n) is 4.01. The zero-order valence-electron chi connectivity index (χ0n) is 10.9. The van der Waals surface area contributed by atoms with Crippen LogP contribution in [0.25, 0.3) is 0 Å². The minimum atomic E-state index is 0.0855. The second-order valence-electron chi connectivity index (χ2n) is 5.25. The summed E-state index contributed by atoms with van der Waals surface area (Å²) < 4.78 is 2.21. The van der Waals surface area contributed by atoms with Gasteiger partial charge < -0.3 is 10.3 Å². The summed E-state index contributed by atoms with van der Waals surface area (Å²) in [7, 11) is 0. The van der Waals surface area contributed by atoms with E-state index in [0.717, 1.165) is 18.8 Å². The van der Waals surface area contributed by atoms with Crippen LogP contribution in [0.1, 0.15) is 57.7 Å². The van der Waals surface area contributed by atoms with Crippen LogP contribution in [0.4, 0.5) is 0 Å². The van der Waals surface area contributed by atoms with E-state index in [1.807, 2.05) is 6.33 Å². The van der Waals surface area contributed by atoms with Crippen LogP contribution in [0.15, 0.2) is 6.33 Å². The molecule has 0 aliphatic heterocycles. The minimum absolute atomic E-state index is 0.0855. The summed E-state index contributed by atoms with van der Waals surface area (Å²) in [5, 5.41) is 8.47. The predicted octanol–water partition coefficient (Wildman–Crippen LogP) is 2.24. The standard InChI is InChI=1S/C13H24N4/c1-2-9-17-11-15-16-12(17)13(10-14)7-5-3-4-6-8-13/h11H,2-10,14H2,1H3. The van der Waals surface area contributed by atoms with E-state index in [2.05, 4.69) is 21.7 Å². The van der Waals surface area contributed by atoms with Gasteiger partial charge in [-0.2, -0.15) is 0 Å². The monoisotopic (exact) mass is 236 g/mol. The first-order chi connectivity index (χ1) is 8.32. The normalized spacial score (nSPS) is 20.1. The molecule has 1 aliphatic carbocycles. The summed E-state index contributed by atoms with van der Waals surface area (Å²) in [6.45, 7) is 3.89. The van der Waals surface area contributed by atoms with Gasteiger partial charge >= 0.3 is 0 Å². The van der Waals surface area contributed by atoms with E-state index in [0.29, 0.717) is 6.54 Å². The Bertz CT molecular complexity index is 337. The summed E-state index contributed by atoms with van der Waals surface area (Å²) in [6, 6.07) is 0. The van der Waals surface area contributed by atoms with Crippen LogP contribution in [0.5, 0.6) is 0 Å². The lowest BCUT2D eigenvalue weighted by Gasteiger charge is -2.30. The molecule has 2 rings (SSSR count). The van der Waals surface area contributed by atoms with E-state index >= 15 is 0 Å². The second kappa shape index (κ2) is 5.63. The topological polar surface area (TPSA) is 56.7 Å². The molecule has 1 saturated carbocycles. The Labute approximate surface area is 104 Å². The predicted molar refractivity (Wildman–Crippen MR) is 68.7 cm³/mol. The lowest BCUT2D eigenvalue weighted by atomic mass is 9.79. The van der Waals surface area contributed by atoms with Crippen molar-refractivity contribution in [3.05, 3.63) is 12.2 Å². The van der Waals surface area contributed by atoms with Crippen LogP contribution in [0, 0.1) is 0 Å². The van der Waals surface area contributed by atoms with Gasteiger partial charge in [-0.15, -0.1) is 10.2 Å². The SMILES string of the molecule is CCCn1cnnc1C1(CN)CCCCCC1. The number of aromatic nitrogens is 3. The van der Waals surface area contributed by atoms with Crippen molar-refractivity contribution in [3.8, 4) is 0 Å². The number of nitrogens with two attached hydrogens (primary N) is 1. The van der Waals surface area contributed by atoms with Crippen molar-refractivity contribution in [2.24, 2.45) is 5.73 Å².